The zero-order valence-corrected chi connectivity index (χ0v) is 7.93. The summed E-state index contributed by atoms with van der Waals surface area (Å²) in [6, 6.07) is 4.20. The molecule has 0 bridgehead atoms. The third-order valence-corrected chi connectivity index (χ3v) is 1.66. The molecule has 0 aliphatic heterocycles. The van der Waals surface area contributed by atoms with Gasteiger partial charge in [0, 0.05) is 6.92 Å². The third-order valence-electron chi connectivity index (χ3n) is 1.66. The first-order valence-corrected chi connectivity index (χ1v) is 4.09. The van der Waals surface area contributed by atoms with Crippen LogP contribution in [0.5, 0.6) is 0 Å². The molecule has 0 fully saturated rings. The van der Waals surface area contributed by atoms with E-state index < -0.39 is 17.6 Å². The van der Waals surface area contributed by atoms with Crippen LogP contribution >= 0.6 is 0 Å². The average molecular weight is 195 g/mol. The van der Waals surface area contributed by atoms with Gasteiger partial charge in [0.15, 0.2) is 0 Å². The van der Waals surface area contributed by atoms with E-state index in [9.17, 15) is 14.0 Å². The van der Waals surface area contributed by atoms with Gasteiger partial charge in [0.2, 0.25) is 5.91 Å². The molecule has 1 aromatic rings. The summed E-state index contributed by atoms with van der Waals surface area (Å²) in [5.74, 6) is -1.84. The van der Waals surface area contributed by atoms with Crippen LogP contribution in [-0.2, 0) is 4.79 Å². The Kier molecular flexibility index (Phi) is 2.96. The van der Waals surface area contributed by atoms with Gasteiger partial charge >= 0.3 is 0 Å². The number of amides is 2. The molecular weight excluding hydrogens is 185 g/mol. The summed E-state index contributed by atoms with van der Waals surface area (Å²) in [5, 5.41) is 2.00. The van der Waals surface area contributed by atoms with Crippen molar-refractivity contribution in [3.8, 4) is 0 Å². The van der Waals surface area contributed by atoms with Crippen LogP contribution in [0.25, 0.3) is 0 Å². The second kappa shape index (κ2) is 4.00. The predicted molar refractivity (Wildman–Crippen MR) is 49.3 cm³/mol. The van der Waals surface area contributed by atoms with E-state index in [2.05, 4.69) is 0 Å². The van der Waals surface area contributed by atoms with Crippen molar-refractivity contribution in [2.24, 2.45) is 0 Å². The summed E-state index contributed by atoms with van der Waals surface area (Å²) in [7, 11) is 0. The van der Waals surface area contributed by atoms with Crippen LogP contribution in [0.15, 0.2) is 18.2 Å². The molecule has 3 nitrogen and oxygen atoms in total. The van der Waals surface area contributed by atoms with Gasteiger partial charge in [0.25, 0.3) is 5.91 Å². The SMILES string of the molecule is CC(=O)NC(=O)c1ccc(C)cc1F. The third kappa shape index (κ3) is 2.39. The second-order valence-electron chi connectivity index (χ2n) is 2.99. The number of carbonyl (C=O) groups is 2. The van der Waals surface area contributed by atoms with Gasteiger partial charge in [-0.15, -0.1) is 0 Å². The van der Waals surface area contributed by atoms with Crippen LogP contribution in [0.2, 0.25) is 0 Å². The highest BCUT2D eigenvalue weighted by molar-refractivity contribution is 6.04. The maximum Gasteiger partial charge on any atom is 0.260 e. The Bertz CT molecular complexity index is 388. The van der Waals surface area contributed by atoms with E-state index in [4.69, 9.17) is 0 Å². The molecule has 0 spiro atoms. The predicted octanol–water partition coefficient (Wildman–Crippen LogP) is 1.41. The van der Waals surface area contributed by atoms with E-state index in [-0.39, 0.29) is 5.56 Å². The Balaban J connectivity index is 2.96. The molecule has 1 rings (SSSR count). The maximum absolute atomic E-state index is 13.2. The second-order valence-corrected chi connectivity index (χ2v) is 2.99. The number of halogens is 1. The number of rotatable bonds is 1. The van der Waals surface area contributed by atoms with Crippen molar-refractivity contribution in [1.29, 1.82) is 0 Å². The number of imide groups is 1. The van der Waals surface area contributed by atoms with E-state index >= 15 is 0 Å². The summed E-state index contributed by atoms with van der Waals surface area (Å²) >= 11 is 0. The zero-order valence-electron chi connectivity index (χ0n) is 7.93. The normalized spacial score (nSPS) is 9.64. The Morgan fingerprint density at radius 3 is 2.50 bits per heavy atom. The highest BCUT2D eigenvalue weighted by atomic mass is 19.1. The van der Waals surface area contributed by atoms with Crippen LogP contribution in [0.4, 0.5) is 4.39 Å². The van der Waals surface area contributed by atoms with Crippen molar-refractivity contribution >= 4 is 11.8 Å². The van der Waals surface area contributed by atoms with Gasteiger partial charge in [0.1, 0.15) is 5.82 Å². The Morgan fingerprint density at radius 1 is 1.36 bits per heavy atom. The first-order chi connectivity index (χ1) is 6.50. The molecule has 0 saturated heterocycles. The topological polar surface area (TPSA) is 46.2 Å². The van der Waals surface area contributed by atoms with Gasteiger partial charge in [-0.1, -0.05) is 6.07 Å². The first-order valence-electron chi connectivity index (χ1n) is 4.09. The molecule has 4 heteroatoms. The highest BCUT2D eigenvalue weighted by Gasteiger charge is 2.12. The fourth-order valence-corrected chi connectivity index (χ4v) is 1.03. The molecule has 0 aliphatic rings. The summed E-state index contributed by atoms with van der Waals surface area (Å²) in [5.41, 5.74) is 0.604. The van der Waals surface area contributed by atoms with Crippen molar-refractivity contribution in [2.45, 2.75) is 13.8 Å². The lowest BCUT2D eigenvalue weighted by Crippen LogP contribution is -2.28. The van der Waals surface area contributed by atoms with Crippen LogP contribution in [-0.4, -0.2) is 11.8 Å². The van der Waals surface area contributed by atoms with Crippen molar-refractivity contribution in [3.05, 3.63) is 35.1 Å². The number of hydrogen-bond donors (Lipinski definition) is 1. The number of nitrogens with one attached hydrogen (secondary N) is 1. The minimum Gasteiger partial charge on any atom is -0.292 e. The molecule has 14 heavy (non-hydrogen) atoms. The van der Waals surface area contributed by atoms with Gasteiger partial charge in [-0.05, 0) is 24.6 Å². The summed E-state index contributed by atoms with van der Waals surface area (Å²) in [6.45, 7) is 2.92. The molecule has 0 atom stereocenters. The van der Waals surface area contributed by atoms with E-state index in [1.54, 1.807) is 13.0 Å². The highest BCUT2D eigenvalue weighted by Crippen LogP contribution is 2.09. The minimum atomic E-state index is -0.713. The van der Waals surface area contributed by atoms with Gasteiger partial charge in [-0.2, -0.15) is 0 Å². The van der Waals surface area contributed by atoms with Gasteiger partial charge in [0.05, 0.1) is 5.56 Å². The zero-order chi connectivity index (χ0) is 10.7. The summed E-state index contributed by atoms with van der Waals surface area (Å²) in [6.07, 6.45) is 0. The lowest BCUT2D eigenvalue weighted by molar-refractivity contribution is -0.118. The molecule has 1 N–H and O–H groups in total. The molecule has 0 aromatic heterocycles. The van der Waals surface area contributed by atoms with E-state index in [1.807, 2.05) is 5.32 Å². The smallest absolute Gasteiger partial charge is 0.260 e. The Hall–Kier alpha value is -1.71. The van der Waals surface area contributed by atoms with Crippen LogP contribution < -0.4 is 5.32 Å². The lowest BCUT2D eigenvalue weighted by atomic mass is 10.1. The quantitative estimate of drug-likeness (QED) is 0.736. The van der Waals surface area contributed by atoms with E-state index in [0.29, 0.717) is 0 Å². The molecule has 2 amide bonds. The van der Waals surface area contributed by atoms with Crippen LogP contribution in [0.3, 0.4) is 0 Å². The molecule has 0 radical (unpaired) electrons. The molecule has 0 aliphatic carbocycles. The van der Waals surface area contributed by atoms with Crippen LogP contribution in [0, 0.1) is 12.7 Å². The summed E-state index contributed by atoms with van der Waals surface area (Å²) < 4.78 is 13.2. The van der Waals surface area contributed by atoms with E-state index in [1.165, 1.54) is 19.1 Å². The van der Waals surface area contributed by atoms with Gasteiger partial charge < -0.3 is 0 Å². The van der Waals surface area contributed by atoms with Crippen molar-refractivity contribution in [3.63, 3.8) is 0 Å². The largest absolute Gasteiger partial charge is 0.292 e. The average Bonchev–Trinajstić information content (AvgIpc) is 2.01. The molecular formula is C10H10FNO2. The Morgan fingerprint density at radius 2 is 2.00 bits per heavy atom. The standard InChI is InChI=1S/C10H10FNO2/c1-6-3-4-8(9(11)5-6)10(14)12-7(2)13/h3-5H,1-2H3,(H,12,13,14). The lowest BCUT2D eigenvalue weighted by Gasteiger charge is -2.02. The fourth-order valence-electron chi connectivity index (χ4n) is 1.03. The number of hydrogen-bond acceptors (Lipinski definition) is 2. The number of aryl methyl sites for hydroxylation is 1. The number of benzene rings is 1. The molecule has 0 saturated carbocycles. The monoisotopic (exact) mass is 195 g/mol. The van der Waals surface area contributed by atoms with Gasteiger partial charge in [-0.3, -0.25) is 14.9 Å². The number of carbonyl (C=O) groups excluding carboxylic acids is 2. The van der Waals surface area contributed by atoms with Crippen molar-refractivity contribution < 1.29 is 14.0 Å². The van der Waals surface area contributed by atoms with Crippen LogP contribution in [0.1, 0.15) is 22.8 Å². The minimum absolute atomic E-state index is 0.120. The maximum atomic E-state index is 13.2. The Labute approximate surface area is 80.9 Å². The fraction of sp³-hybridized carbons (Fsp3) is 0.200. The first kappa shape index (κ1) is 10.4. The summed E-state index contributed by atoms with van der Waals surface area (Å²) in [4.78, 5) is 21.8. The molecule has 0 unspecified atom stereocenters. The van der Waals surface area contributed by atoms with Gasteiger partial charge in [-0.25, -0.2) is 4.39 Å². The van der Waals surface area contributed by atoms with Crippen molar-refractivity contribution in [2.75, 3.05) is 0 Å². The molecule has 0 heterocycles. The molecule has 74 valence electrons. The van der Waals surface area contributed by atoms with E-state index in [0.717, 1.165) is 5.56 Å². The van der Waals surface area contributed by atoms with Crippen molar-refractivity contribution in [1.82, 2.24) is 5.32 Å². The molecule has 1 aromatic carbocycles.